The molecule has 3 heteroatoms. The van der Waals surface area contributed by atoms with E-state index in [4.69, 9.17) is 22.7 Å². The molecule has 0 aromatic heterocycles. The van der Waals surface area contributed by atoms with Crippen molar-refractivity contribution in [2.45, 2.75) is 13.3 Å². The summed E-state index contributed by atoms with van der Waals surface area (Å²) in [5, 5.41) is 0. The van der Waals surface area contributed by atoms with Gasteiger partial charge in [0.05, 0.1) is 6.61 Å². The van der Waals surface area contributed by atoms with Crippen LogP contribution in [0.4, 0.5) is 0 Å². The summed E-state index contributed by atoms with van der Waals surface area (Å²) in [6.07, 6.45) is 1.01. The second kappa shape index (κ2) is 4.82. The van der Waals surface area contributed by atoms with E-state index in [2.05, 4.69) is 6.92 Å². The van der Waals surface area contributed by atoms with E-state index in [-0.39, 0.29) is 0 Å². The molecule has 2 N–H and O–H groups in total. The van der Waals surface area contributed by atoms with Crippen molar-refractivity contribution < 1.29 is 4.74 Å². The van der Waals surface area contributed by atoms with Gasteiger partial charge in [0.25, 0.3) is 0 Å². The zero-order valence-corrected chi connectivity index (χ0v) is 8.43. The summed E-state index contributed by atoms with van der Waals surface area (Å²) in [7, 11) is 0. The van der Waals surface area contributed by atoms with Gasteiger partial charge >= 0.3 is 0 Å². The SMILES string of the molecule is CCCOc1ccc(C(N)=S)cc1. The Morgan fingerprint density at radius 1 is 1.38 bits per heavy atom. The maximum atomic E-state index is 5.45. The van der Waals surface area contributed by atoms with E-state index in [1.807, 2.05) is 24.3 Å². The van der Waals surface area contributed by atoms with E-state index < -0.39 is 0 Å². The number of thiocarbonyl (C=S) groups is 1. The lowest BCUT2D eigenvalue weighted by Gasteiger charge is -2.04. The number of rotatable bonds is 4. The Labute approximate surface area is 83.7 Å². The summed E-state index contributed by atoms with van der Waals surface area (Å²) in [6, 6.07) is 7.49. The standard InChI is InChI=1S/C10H13NOS/c1-2-7-12-9-5-3-8(4-6-9)10(11)13/h3-6H,2,7H2,1H3,(H2,11,13). The normalized spacial score (nSPS) is 9.62. The maximum absolute atomic E-state index is 5.45. The number of benzene rings is 1. The Bertz CT molecular complexity index is 281. The predicted octanol–water partition coefficient (Wildman–Crippen LogP) is 2.11. The fraction of sp³-hybridized carbons (Fsp3) is 0.300. The van der Waals surface area contributed by atoms with Gasteiger partial charge in [0.15, 0.2) is 0 Å². The average molecular weight is 195 g/mol. The van der Waals surface area contributed by atoms with Gasteiger partial charge in [-0.15, -0.1) is 0 Å². The van der Waals surface area contributed by atoms with Gasteiger partial charge in [-0.1, -0.05) is 19.1 Å². The molecule has 0 radical (unpaired) electrons. The largest absolute Gasteiger partial charge is 0.494 e. The molecule has 0 fully saturated rings. The summed E-state index contributed by atoms with van der Waals surface area (Å²) < 4.78 is 5.41. The van der Waals surface area contributed by atoms with Crippen LogP contribution < -0.4 is 10.5 Å². The third-order valence-electron chi connectivity index (χ3n) is 1.61. The first-order valence-electron chi connectivity index (χ1n) is 4.26. The number of ether oxygens (including phenoxy) is 1. The van der Waals surface area contributed by atoms with Crippen LogP contribution in [0.2, 0.25) is 0 Å². The van der Waals surface area contributed by atoms with Crippen LogP contribution in [0, 0.1) is 0 Å². The van der Waals surface area contributed by atoms with E-state index in [1.54, 1.807) is 0 Å². The van der Waals surface area contributed by atoms with Crippen LogP contribution >= 0.6 is 12.2 Å². The Kier molecular flexibility index (Phi) is 3.71. The van der Waals surface area contributed by atoms with Gasteiger partial charge in [-0.25, -0.2) is 0 Å². The van der Waals surface area contributed by atoms with Crippen LogP contribution in [0.15, 0.2) is 24.3 Å². The lowest BCUT2D eigenvalue weighted by molar-refractivity contribution is 0.317. The highest BCUT2D eigenvalue weighted by atomic mass is 32.1. The number of nitrogens with two attached hydrogens (primary N) is 1. The monoisotopic (exact) mass is 195 g/mol. The van der Waals surface area contributed by atoms with Crippen LogP contribution in [0.5, 0.6) is 5.75 Å². The molecule has 1 aromatic carbocycles. The minimum Gasteiger partial charge on any atom is -0.494 e. The lowest BCUT2D eigenvalue weighted by Crippen LogP contribution is -2.08. The summed E-state index contributed by atoms with van der Waals surface area (Å²) in [5.74, 6) is 0.863. The Balaban J connectivity index is 2.64. The molecule has 0 amide bonds. The molecule has 0 spiro atoms. The van der Waals surface area contributed by atoms with Crippen LogP contribution in [0.3, 0.4) is 0 Å². The Morgan fingerprint density at radius 3 is 2.46 bits per heavy atom. The van der Waals surface area contributed by atoms with Gasteiger partial charge in [0.1, 0.15) is 10.7 Å². The molecule has 1 aromatic rings. The van der Waals surface area contributed by atoms with Crippen molar-refractivity contribution in [1.29, 1.82) is 0 Å². The van der Waals surface area contributed by atoms with Gasteiger partial charge in [-0.3, -0.25) is 0 Å². The molecule has 13 heavy (non-hydrogen) atoms. The van der Waals surface area contributed by atoms with Crippen molar-refractivity contribution in [2.24, 2.45) is 5.73 Å². The van der Waals surface area contributed by atoms with E-state index in [0.717, 1.165) is 24.3 Å². The molecule has 0 aliphatic carbocycles. The average Bonchev–Trinajstić information content (AvgIpc) is 2.15. The zero-order valence-electron chi connectivity index (χ0n) is 7.62. The fourth-order valence-corrected chi connectivity index (χ4v) is 1.07. The fourth-order valence-electron chi connectivity index (χ4n) is 0.935. The lowest BCUT2D eigenvalue weighted by atomic mass is 10.2. The van der Waals surface area contributed by atoms with Crippen molar-refractivity contribution in [3.8, 4) is 5.75 Å². The molecular weight excluding hydrogens is 182 g/mol. The van der Waals surface area contributed by atoms with E-state index >= 15 is 0 Å². The van der Waals surface area contributed by atoms with Gasteiger partial charge in [-0.2, -0.15) is 0 Å². The maximum Gasteiger partial charge on any atom is 0.119 e. The molecule has 0 unspecified atom stereocenters. The first-order chi connectivity index (χ1) is 6.24. The van der Waals surface area contributed by atoms with Crippen molar-refractivity contribution in [3.63, 3.8) is 0 Å². The minimum atomic E-state index is 0.419. The smallest absolute Gasteiger partial charge is 0.119 e. The highest BCUT2D eigenvalue weighted by molar-refractivity contribution is 7.80. The van der Waals surface area contributed by atoms with Crippen LogP contribution in [0.1, 0.15) is 18.9 Å². The summed E-state index contributed by atoms with van der Waals surface area (Å²) >= 11 is 4.83. The van der Waals surface area contributed by atoms with Crippen molar-refractivity contribution in [2.75, 3.05) is 6.61 Å². The first-order valence-corrected chi connectivity index (χ1v) is 4.67. The van der Waals surface area contributed by atoms with E-state index in [9.17, 15) is 0 Å². The summed E-state index contributed by atoms with van der Waals surface area (Å²) in [5.41, 5.74) is 6.33. The quantitative estimate of drug-likeness (QED) is 0.747. The highest BCUT2D eigenvalue weighted by Crippen LogP contribution is 2.12. The molecule has 0 saturated carbocycles. The number of hydrogen-bond acceptors (Lipinski definition) is 2. The molecule has 70 valence electrons. The van der Waals surface area contributed by atoms with E-state index in [1.165, 1.54) is 0 Å². The minimum absolute atomic E-state index is 0.419. The third-order valence-corrected chi connectivity index (χ3v) is 1.85. The third kappa shape index (κ3) is 3.03. The van der Waals surface area contributed by atoms with Gasteiger partial charge < -0.3 is 10.5 Å². The highest BCUT2D eigenvalue weighted by Gasteiger charge is 1.96. The molecule has 0 bridgehead atoms. The molecule has 0 saturated heterocycles. The van der Waals surface area contributed by atoms with Crippen LogP contribution in [-0.4, -0.2) is 11.6 Å². The van der Waals surface area contributed by atoms with Crippen molar-refractivity contribution in [3.05, 3.63) is 29.8 Å². The molecule has 2 nitrogen and oxygen atoms in total. The molecule has 1 rings (SSSR count). The Morgan fingerprint density at radius 2 is 2.00 bits per heavy atom. The second-order valence-corrected chi connectivity index (χ2v) is 3.18. The number of hydrogen-bond donors (Lipinski definition) is 1. The summed E-state index contributed by atoms with van der Waals surface area (Å²) in [6.45, 7) is 2.82. The molecule has 0 atom stereocenters. The first kappa shape index (κ1) is 9.99. The molecular formula is C10H13NOS. The van der Waals surface area contributed by atoms with Gasteiger partial charge in [0.2, 0.25) is 0 Å². The van der Waals surface area contributed by atoms with Gasteiger partial charge in [-0.05, 0) is 30.7 Å². The summed E-state index contributed by atoms with van der Waals surface area (Å²) in [4.78, 5) is 0.419. The molecule has 0 aliphatic heterocycles. The predicted molar refractivity (Wildman–Crippen MR) is 58.1 cm³/mol. The van der Waals surface area contributed by atoms with Gasteiger partial charge in [0, 0.05) is 5.56 Å². The van der Waals surface area contributed by atoms with Crippen LogP contribution in [0.25, 0.3) is 0 Å². The Hall–Kier alpha value is -1.09. The zero-order chi connectivity index (χ0) is 9.68. The van der Waals surface area contributed by atoms with Crippen LogP contribution in [-0.2, 0) is 0 Å². The van der Waals surface area contributed by atoms with Crippen molar-refractivity contribution >= 4 is 17.2 Å². The topological polar surface area (TPSA) is 35.2 Å². The van der Waals surface area contributed by atoms with Crippen molar-refractivity contribution in [1.82, 2.24) is 0 Å². The molecule has 0 aliphatic rings. The second-order valence-electron chi connectivity index (χ2n) is 2.74. The molecule has 0 heterocycles. The van der Waals surface area contributed by atoms with E-state index in [0.29, 0.717) is 4.99 Å².